The zero-order chi connectivity index (χ0) is 15.2. The van der Waals surface area contributed by atoms with Crippen molar-refractivity contribution < 1.29 is 0 Å². The van der Waals surface area contributed by atoms with Gasteiger partial charge in [-0.05, 0) is 42.0 Å². The van der Waals surface area contributed by atoms with E-state index in [-0.39, 0.29) is 0 Å². The first-order chi connectivity index (χ1) is 10.0. The van der Waals surface area contributed by atoms with E-state index in [1.54, 1.807) is 0 Å². The maximum atomic E-state index is 4.25. The van der Waals surface area contributed by atoms with Crippen LogP contribution in [0.4, 0.5) is 0 Å². The van der Waals surface area contributed by atoms with Crippen LogP contribution in [0.3, 0.4) is 0 Å². The van der Waals surface area contributed by atoms with Crippen molar-refractivity contribution in [3.63, 3.8) is 0 Å². The van der Waals surface area contributed by atoms with Crippen molar-refractivity contribution in [3.05, 3.63) is 52.3 Å². The molecule has 0 radical (unpaired) electrons. The minimum Gasteiger partial charge on any atom is -0.314 e. The van der Waals surface area contributed by atoms with E-state index in [9.17, 15) is 0 Å². The summed E-state index contributed by atoms with van der Waals surface area (Å²) in [5.74, 6) is 0.528. The highest BCUT2D eigenvalue weighted by molar-refractivity contribution is 9.10. The minimum atomic E-state index is 0.515. The normalized spacial score (nSPS) is 12.8. The fraction of sp³-hybridized carbons (Fsp3) is 0.471. The molecule has 3 nitrogen and oxygen atoms in total. The van der Waals surface area contributed by atoms with E-state index in [1.807, 2.05) is 17.9 Å². The zero-order valence-corrected chi connectivity index (χ0v) is 14.6. The molecule has 0 bridgehead atoms. The molecule has 2 rings (SSSR count). The highest BCUT2D eigenvalue weighted by Crippen LogP contribution is 2.23. The molecule has 0 saturated heterocycles. The Labute approximate surface area is 135 Å². The number of hydrogen-bond donors (Lipinski definition) is 1. The molecular formula is C17H24BrN3. The van der Waals surface area contributed by atoms with Gasteiger partial charge >= 0.3 is 0 Å². The molecule has 1 N–H and O–H groups in total. The van der Waals surface area contributed by atoms with Gasteiger partial charge < -0.3 is 5.32 Å². The van der Waals surface area contributed by atoms with Gasteiger partial charge in [0.15, 0.2) is 0 Å². The van der Waals surface area contributed by atoms with E-state index >= 15 is 0 Å². The Kier molecular flexibility index (Phi) is 6.00. The summed E-state index contributed by atoms with van der Waals surface area (Å²) in [4.78, 5) is 0. The number of aromatic nitrogens is 2. The van der Waals surface area contributed by atoms with Crippen molar-refractivity contribution in [1.82, 2.24) is 15.1 Å². The van der Waals surface area contributed by atoms with Crippen molar-refractivity contribution in [3.8, 4) is 0 Å². The lowest BCUT2D eigenvalue weighted by molar-refractivity contribution is 0.508. The summed E-state index contributed by atoms with van der Waals surface area (Å²) in [6.07, 6.45) is 6.27. The van der Waals surface area contributed by atoms with E-state index in [4.69, 9.17) is 0 Å². The molecule has 1 unspecified atom stereocenters. The van der Waals surface area contributed by atoms with Crippen LogP contribution in [0, 0.1) is 0 Å². The molecule has 0 fully saturated rings. The Hall–Kier alpha value is -1.13. The van der Waals surface area contributed by atoms with Crippen LogP contribution in [0.1, 0.15) is 37.3 Å². The fourth-order valence-electron chi connectivity index (χ4n) is 2.44. The third-order valence-electron chi connectivity index (χ3n) is 3.65. The SMILES string of the molecule is CC(C)NCC(CCc1cnn(C)c1)c1ccc(Br)cc1. The second kappa shape index (κ2) is 7.76. The van der Waals surface area contributed by atoms with E-state index in [0.717, 1.165) is 23.9 Å². The lowest BCUT2D eigenvalue weighted by Gasteiger charge is -2.19. The summed E-state index contributed by atoms with van der Waals surface area (Å²) in [5.41, 5.74) is 2.71. The van der Waals surface area contributed by atoms with Crippen LogP contribution in [-0.4, -0.2) is 22.4 Å². The van der Waals surface area contributed by atoms with Crippen molar-refractivity contribution in [2.45, 2.75) is 38.6 Å². The molecule has 4 heteroatoms. The summed E-state index contributed by atoms with van der Waals surface area (Å²) in [6, 6.07) is 9.21. The molecular weight excluding hydrogens is 326 g/mol. The van der Waals surface area contributed by atoms with Gasteiger partial charge in [0, 0.05) is 30.3 Å². The van der Waals surface area contributed by atoms with E-state index in [2.05, 4.69) is 70.7 Å². The summed E-state index contributed by atoms with van der Waals surface area (Å²) in [5, 5.41) is 7.82. The van der Waals surface area contributed by atoms with Gasteiger partial charge in [0.2, 0.25) is 0 Å². The number of hydrogen-bond acceptors (Lipinski definition) is 2. The summed E-state index contributed by atoms with van der Waals surface area (Å²) in [7, 11) is 1.97. The standard InChI is InChI=1S/C17H24BrN3/c1-13(2)19-11-16(15-6-8-17(18)9-7-15)5-4-14-10-20-21(3)12-14/h6-10,12-13,16,19H,4-5,11H2,1-3H3. The van der Waals surface area contributed by atoms with E-state index in [1.165, 1.54) is 11.1 Å². The van der Waals surface area contributed by atoms with Crippen molar-refractivity contribution in [2.24, 2.45) is 7.05 Å². The predicted octanol–water partition coefficient (Wildman–Crippen LogP) is 3.90. The first-order valence-corrected chi connectivity index (χ1v) is 8.30. The maximum Gasteiger partial charge on any atom is 0.0521 e. The number of rotatable bonds is 7. The molecule has 1 aromatic carbocycles. The fourth-order valence-corrected chi connectivity index (χ4v) is 2.71. The van der Waals surface area contributed by atoms with Gasteiger partial charge in [0.05, 0.1) is 6.20 Å². The molecule has 1 aromatic heterocycles. The molecule has 1 atom stereocenters. The molecule has 2 aromatic rings. The highest BCUT2D eigenvalue weighted by atomic mass is 79.9. The Morgan fingerprint density at radius 2 is 1.95 bits per heavy atom. The van der Waals surface area contributed by atoms with Crippen LogP contribution in [0.15, 0.2) is 41.1 Å². The van der Waals surface area contributed by atoms with Gasteiger partial charge in [-0.1, -0.05) is 41.9 Å². The van der Waals surface area contributed by atoms with Crippen LogP contribution in [-0.2, 0) is 13.5 Å². The highest BCUT2D eigenvalue weighted by Gasteiger charge is 2.13. The molecule has 0 spiro atoms. The zero-order valence-electron chi connectivity index (χ0n) is 13.0. The molecule has 0 saturated carbocycles. The Morgan fingerprint density at radius 3 is 2.52 bits per heavy atom. The van der Waals surface area contributed by atoms with Gasteiger partial charge in [-0.2, -0.15) is 5.10 Å². The molecule has 21 heavy (non-hydrogen) atoms. The molecule has 0 aliphatic carbocycles. The largest absolute Gasteiger partial charge is 0.314 e. The minimum absolute atomic E-state index is 0.515. The average Bonchev–Trinajstić information content (AvgIpc) is 2.86. The topological polar surface area (TPSA) is 29.9 Å². The number of aryl methyl sites for hydroxylation is 2. The monoisotopic (exact) mass is 349 g/mol. The Bertz CT molecular complexity index is 545. The van der Waals surface area contributed by atoms with Crippen LogP contribution < -0.4 is 5.32 Å². The second-order valence-corrected chi connectivity index (χ2v) is 6.79. The van der Waals surface area contributed by atoms with Gasteiger partial charge in [0.1, 0.15) is 0 Å². The van der Waals surface area contributed by atoms with Gasteiger partial charge in [0.25, 0.3) is 0 Å². The van der Waals surface area contributed by atoms with Crippen molar-refractivity contribution in [1.29, 1.82) is 0 Å². The van der Waals surface area contributed by atoms with Crippen molar-refractivity contribution >= 4 is 15.9 Å². The summed E-state index contributed by atoms with van der Waals surface area (Å²) < 4.78 is 3.00. The maximum absolute atomic E-state index is 4.25. The van der Waals surface area contributed by atoms with Crippen LogP contribution in [0.2, 0.25) is 0 Å². The van der Waals surface area contributed by atoms with Gasteiger partial charge in [-0.3, -0.25) is 4.68 Å². The lowest BCUT2D eigenvalue weighted by Crippen LogP contribution is -2.28. The molecule has 1 heterocycles. The third-order valence-corrected chi connectivity index (χ3v) is 4.18. The predicted molar refractivity (Wildman–Crippen MR) is 91.6 cm³/mol. The van der Waals surface area contributed by atoms with Crippen LogP contribution >= 0.6 is 15.9 Å². The Balaban J connectivity index is 2.02. The number of halogens is 1. The van der Waals surface area contributed by atoms with Gasteiger partial charge in [-0.25, -0.2) is 0 Å². The smallest absolute Gasteiger partial charge is 0.0521 e. The van der Waals surface area contributed by atoms with Gasteiger partial charge in [-0.15, -0.1) is 0 Å². The van der Waals surface area contributed by atoms with Crippen molar-refractivity contribution in [2.75, 3.05) is 6.54 Å². The number of benzene rings is 1. The first-order valence-electron chi connectivity index (χ1n) is 7.51. The molecule has 0 aliphatic rings. The van der Waals surface area contributed by atoms with E-state index < -0.39 is 0 Å². The third kappa shape index (κ3) is 5.29. The Morgan fingerprint density at radius 1 is 1.24 bits per heavy atom. The molecule has 0 aliphatic heterocycles. The molecule has 0 amide bonds. The number of nitrogens with zero attached hydrogens (tertiary/aromatic N) is 2. The lowest BCUT2D eigenvalue weighted by atomic mass is 9.92. The average molecular weight is 350 g/mol. The quantitative estimate of drug-likeness (QED) is 0.821. The number of nitrogens with one attached hydrogen (secondary N) is 1. The second-order valence-electron chi connectivity index (χ2n) is 5.87. The molecule has 114 valence electrons. The van der Waals surface area contributed by atoms with Crippen LogP contribution in [0.5, 0.6) is 0 Å². The summed E-state index contributed by atoms with van der Waals surface area (Å²) >= 11 is 3.51. The first kappa shape index (κ1) is 16.2. The van der Waals surface area contributed by atoms with E-state index in [0.29, 0.717) is 12.0 Å². The summed E-state index contributed by atoms with van der Waals surface area (Å²) in [6.45, 7) is 5.40. The van der Waals surface area contributed by atoms with Crippen LogP contribution in [0.25, 0.3) is 0 Å².